The molecule has 5 nitrogen and oxygen atoms in total. The quantitative estimate of drug-likeness (QED) is 0.266. The summed E-state index contributed by atoms with van der Waals surface area (Å²) in [6.45, 7) is 0.620. The van der Waals surface area contributed by atoms with Gasteiger partial charge in [0, 0.05) is 0 Å². The Morgan fingerprint density at radius 1 is 0.939 bits per heavy atom. The standard InChI is InChI=1S/C28H21NO4/c1-30-27-14-19(13-23(16-29)21-10-12-26-28(15-21)33-18-32-26)9-11-25(27)31-17-22-7-4-6-20-5-2-3-8-24(20)22/h2-15H,17-18H2,1H3/b23-13-. The van der Waals surface area contributed by atoms with Gasteiger partial charge in [-0.2, -0.15) is 5.26 Å². The average molecular weight is 435 g/mol. The number of allylic oxidation sites excluding steroid dienone is 1. The van der Waals surface area contributed by atoms with Crippen LogP contribution in [0.4, 0.5) is 0 Å². The summed E-state index contributed by atoms with van der Waals surface area (Å²) in [5.41, 5.74) is 3.21. The number of benzene rings is 4. The van der Waals surface area contributed by atoms with Crippen molar-refractivity contribution >= 4 is 22.4 Å². The maximum atomic E-state index is 9.72. The van der Waals surface area contributed by atoms with Gasteiger partial charge in [-0.15, -0.1) is 0 Å². The van der Waals surface area contributed by atoms with Crippen LogP contribution in [0, 0.1) is 11.3 Å². The van der Waals surface area contributed by atoms with Gasteiger partial charge in [0.1, 0.15) is 6.61 Å². The van der Waals surface area contributed by atoms with E-state index in [1.807, 2.05) is 60.7 Å². The summed E-state index contributed by atoms with van der Waals surface area (Å²) in [6.07, 6.45) is 1.81. The van der Waals surface area contributed by atoms with Crippen molar-refractivity contribution in [2.24, 2.45) is 0 Å². The van der Waals surface area contributed by atoms with Crippen LogP contribution in [0.1, 0.15) is 16.7 Å². The number of hydrogen-bond acceptors (Lipinski definition) is 5. The summed E-state index contributed by atoms with van der Waals surface area (Å²) in [5.74, 6) is 2.57. The number of methoxy groups -OCH3 is 1. The van der Waals surface area contributed by atoms with Crippen molar-refractivity contribution in [1.29, 1.82) is 5.26 Å². The van der Waals surface area contributed by atoms with E-state index in [1.165, 1.54) is 10.8 Å². The SMILES string of the molecule is COc1cc(/C=C(/C#N)c2ccc3c(c2)OCO3)ccc1OCc1cccc2ccccc12. The van der Waals surface area contributed by atoms with Crippen molar-refractivity contribution in [3.63, 3.8) is 0 Å². The third kappa shape index (κ3) is 4.19. The monoisotopic (exact) mass is 435 g/mol. The normalized spacial score (nSPS) is 12.4. The summed E-state index contributed by atoms with van der Waals surface area (Å²) in [5, 5.41) is 12.1. The molecule has 0 fully saturated rings. The Morgan fingerprint density at radius 3 is 2.67 bits per heavy atom. The van der Waals surface area contributed by atoms with Crippen LogP contribution in [0.5, 0.6) is 23.0 Å². The molecule has 33 heavy (non-hydrogen) atoms. The second kappa shape index (κ2) is 8.97. The van der Waals surface area contributed by atoms with E-state index in [0.29, 0.717) is 35.2 Å². The van der Waals surface area contributed by atoms with Gasteiger partial charge in [-0.1, -0.05) is 48.5 Å². The summed E-state index contributed by atoms with van der Waals surface area (Å²) in [6, 6.07) is 27.8. The van der Waals surface area contributed by atoms with Gasteiger partial charge < -0.3 is 18.9 Å². The third-order valence-corrected chi connectivity index (χ3v) is 5.57. The number of nitriles is 1. The molecule has 0 spiro atoms. The van der Waals surface area contributed by atoms with Crippen LogP contribution in [0.25, 0.3) is 22.4 Å². The highest BCUT2D eigenvalue weighted by Crippen LogP contribution is 2.35. The summed E-state index contributed by atoms with van der Waals surface area (Å²) in [4.78, 5) is 0. The molecular formula is C28H21NO4. The first-order chi connectivity index (χ1) is 16.2. The van der Waals surface area contributed by atoms with Crippen LogP contribution in [0.2, 0.25) is 0 Å². The predicted octanol–water partition coefficient (Wildman–Crippen LogP) is 6.22. The molecule has 0 saturated heterocycles. The second-order valence-corrected chi connectivity index (χ2v) is 7.58. The van der Waals surface area contributed by atoms with Gasteiger partial charge in [0.15, 0.2) is 23.0 Å². The van der Waals surface area contributed by atoms with Crippen LogP contribution in [-0.4, -0.2) is 13.9 Å². The first kappa shape index (κ1) is 20.5. The van der Waals surface area contributed by atoms with Crippen LogP contribution in [-0.2, 0) is 6.61 Å². The fourth-order valence-electron chi connectivity index (χ4n) is 3.88. The van der Waals surface area contributed by atoms with E-state index in [2.05, 4.69) is 30.3 Å². The number of nitrogens with zero attached hydrogens (tertiary/aromatic N) is 1. The molecule has 5 rings (SSSR count). The molecule has 0 unspecified atom stereocenters. The number of hydrogen-bond donors (Lipinski definition) is 0. The van der Waals surface area contributed by atoms with Gasteiger partial charge in [-0.05, 0) is 63.9 Å². The number of ether oxygens (including phenoxy) is 4. The minimum atomic E-state index is 0.196. The molecular weight excluding hydrogens is 414 g/mol. The average Bonchev–Trinajstić information content (AvgIpc) is 3.34. The maximum Gasteiger partial charge on any atom is 0.231 e. The Kier molecular flexibility index (Phi) is 5.57. The topological polar surface area (TPSA) is 60.7 Å². The Labute approximate surface area is 192 Å². The summed E-state index contributed by atoms with van der Waals surface area (Å²) >= 11 is 0. The van der Waals surface area contributed by atoms with Crippen molar-refractivity contribution in [2.45, 2.75) is 6.61 Å². The molecule has 0 aliphatic carbocycles. The van der Waals surface area contributed by atoms with E-state index in [1.54, 1.807) is 7.11 Å². The number of fused-ring (bicyclic) bond motifs is 2. The lowest BCUT2D eigenvalue weighted by molar-refractivity contribution is 0.174. The van der Waals surface area contributed by atoms with Gasteiger partial charge in [-0.25, -0.2) is 0 Å². The Hall–Kier alpha value is -4.43. The number of rotatable bonds is 6. The third-order valence-electron chi connectivity index (χ3n) is 5.57. The first-order valence-corrected chi connectivity index (χ1v) is 10.5. The fourth-order valence-corrected chi connectivity index (χ4v) is 3.88. The lowest BCUT2D eigenvalue weighted by atomic mass is 10.0. The highest BCUT2D eigenvalue weighted by molar-refractivity contribution is 5.90. The molecule has 0 radical (unpaired) electrons. The van der Waals surface area contributed by atoms with Crippen molar-refractivity contribution in [1.82, 2.24) is 0 Å². The lowest BCUT2D eigenvalue weighted by Gasteiger charge is -2.13. The van der Waals surface area contributed by atoms with Gasteiger partial charge >= 0.3 is 0 Å². The van der Waals surface area contributed by atoms with Crippen LogP contribution >= 0.6 is 0 Å². The van der Waals surface area contributed by atoms with E-state index in [4.69, 9.17) is 18.9 Å². The fraction of sp³-hybridized carbons (Fsp3) is 0.107. The van der Waals surface area contributed by atoms with Crippen LogP contribution < -0.4 is 18.9 Å². The van der Waals surface area contributed by atoms with Crippen LogP contribution in [0.15, 0.2) is 78.9 Å². The molecule has 0 bridgehead atoms. The maximum absolute atomic E-state index is 9.72. The molecule has 162 valence electrons. The summed E-state index contributed by atoms with van der Waals surface area (Å²) in [7, 11) is 1.61. The molecule has 1 aliphatic heterocycles. The van der Waals surface area contributed by atoms with E-state index in [9.17, 15) is 5.26 Å². The van der Waals surface area contributed by atoms with E-state index in [-0.39, 0.29) is 6.79 Å². The highest BCUT2D eigenvalue weighted by atomic mass is 16.7. The Morgan fingerprint density at radius 2 is 1.79 bits per heavy atom. The molecule has 5 heteroatoms. The molecule has 0 aromatic heterocycles. The van der Waals surface area contributed by atoms with Crippen molar-refractivity contribution < 1.29 is 18.9 Å². The molecule has 0 saturated carbocycles. The van der Waals surface area contributed by atoms with Gasteiger partial charge in [0.05, 0.1) is 18.8 Å². The minimum absolute atomic E-state index is 0.196. The first-order valence-electron chi connectivity index (χ1n) is 10.5. The molecule has 0 atom stereocenters. The van der Waals surface area contributed by atoms with Crippen molar-refractivity contribution in [3.05, 3.63) is 95.6 Å². The molecule has 1 heterocycles. The summed E-state index contributed by atoms with van der Waals surface area (Å²) < 4.78 is 22.5. The largest absolute Gasteiger partial charge is 0.493 e. The minimum Gasteiger partial charge on any atom is -0.493 e. The zero-order valence-electron chi connectivity index (χ0n) is 18.1. The Bertz CT molecular complexity index is 1400. The Balaban J connectivity index is 1.39. The lowest BCUT2D eigenvalue weighted by Crippen LogP contribution is -1.98. The second-order valence-electron chi connectivity index (χ2n) is 7.58. The van der Waals surface area contributed by atoms with E-state index >= 15 is 0 Å². The molecule has 4 aromatic carbocycles. The van der Waals surface area contributed by atoms with E-state index in [0.717, 1.165) is 16.7 Å². The zero-order valence-corrected chi connectivity index (χ0v) is 18.1. The smallest absolute Gasteiger partial charge is 0.231 e. The molecule has 1 aliphatic rings. The predicted molar refractivity (Wildman–Crippen MR) is 127 cm³/mol. The molecule has 4 aromatic rings. The van der Waals surface area contributed by atoms with Crippen LogP contribution in [0.3, 0.4) is 0 Å². The van der Waals surface area contributed by atoms with E-state index < -0.39 is 0 Å². The molecule has 0 N–H and O–H groups in total. The van der Waals surface area contributed by atoms with Crippen molar-refractivity contribution in [3.8, 4) is 29.1 Å². The highest BCUT2D eigenvalue weighted by Gasteiger charge is 2.15. The van der Waals surface area contributed by atoms with Gasteiger partial charge in [0.25, 0.3) is 0 Å². The zero-order chi connectivity index (χ0) is 22.6. The van der Waals surface area contributed by atoms with Gasteiger partial charge in [0.2, 0.25) is 6.79 Å². The van der Waals surface area contributed by atoms with Gasteiger partial charge in [-0.3, -0.25) is 0 Å². The van der Waals surface area contributed by atoms with Crippen molar-refractivity contribution in [2.75, 3.05) is 13.9 Å². The molecule has 0 amide bonds.